The molecule has 0 saturated heterocycles. The first-order chi connectivity index (χ1) is 22.3. The lowest BCUT2D eigenvalue weighted by Crippen LogP contribution is -1.95. The zero-order valence-electron chi connectivity index (χ0n) is 24.2. The van der Waals surface area contributed by atoms with Gasteiger partial charge < -0.3 is 13.6 Å². The quantitative estimate of drug-likeness (QED) is 0.210. The van der Waals surface area contributed by atoms with Crippen molar-refractivity contribution in [3.63, 3.8) is 0 Å². The van der Waals surface area contributed by atoms with Crippen LogP contribution in [0.4, 0.5) is 0 Å². The molecule has 45 heavy (non-hydrogen) atoms. The summed E-state index contributed by atoms with van der Waals surface area (Å²) >= 11 is 0. The minimum absolute atomic E-state index is 0.914. The van der Waals surface area contributed by atoms with Crippen molar-refractivity contribution in [2.75, 3.05) is 0 Å². The van der Waals surface area contributed by atoms with E-state index in [4.69, 9.17) is 4.42 Å². The van der Waals surface area contributed by atoms with E-state index in [1.165, 1.54) is 38.3 Å². The normalized spacial score (nSPS) is 12.0. The minimum Gasteiger partial charge on any atom is -0.456 e. The Hall–Kier alpha value is -6.13. The lowest BCUT2D eigenvalue weighted by Gasteiger charge is -2.10. The van der Waals surface area contributed by atoms with Gasteiger partial charge in [-0.3, -0.25) is 4.98 Å². The van der Waals surface area contributed by atoms with Crippen LogP contribution in [-0.2, 0) is 0 Å². The predicted octanol–water partition coefficient (Wildman–Crippen LogP) is 10.8. The molecular weight excluding hydrogens is 550 g/mol. The topological polar surface area (TPSA) is 35.9 Å². The fourth-order valence-corrected chi connectivity index (χ4v) is 7.18. The Balaban J connectivity index is 1.19. The van der Waals surface area contributed by atoms with Crippen molar-refractivity contribution in [3.05, 3.63) is 152 Å². The van der Waals surface area contributed by atoms with E-state index in [0.29, 0.717) is 0 Å². The summed E-state index contributed by atoms with van der Waals surface area (Å²) in [4.78, 5) is 4.51. The van der Waals surface area contributed by atoms with Gasteiger partial charge in [0.15, 0.2) is 0 Å². The van der Waals surface area contributed by atoms with Gasteiger partial charge in [-0.15, -0.1) is 0 Å². The molecule has 4 heteroatoms. The molecule has 0 aliphatic carbocycles. The first-order valence-corrected chi connectivity index (χ1v) is 15.2. The van der Waals surface area contributed by atoms with Crippen LogP contribution >= 0.6 is 0 Å². The monoisotopic (exact) mass is 575 g/mol. The second kappa shape index (κ2) is 9.18. The third-order valence-electron chi connectivity index (χ3n) is 9.21. The van der Waals surface area contributed by atoms with Crippen LogP contribution in [0.3, 0.4) is 0 Å². The Kier molecular flexibility index (Phi) is 4.96. The SMILES string of the molecule is c1ccc(-n2c3ccncc3c3cc(-n4c5ccccc5c5cc(-c6ccc7oc8ccccc8c7c6)ccc54)ccc32)cc1. The number of hydrogen-bond donors (Lipinski definition) is 0. The molecule has 0 N–H and O–H groups in total. The summed E-state index contributed by atoms with van der Waals surface area (Å²) in [6.07, 6.45) is 3.86. The molecule has 0 fully saturated rings. The first-order valence-electron chi connectivity index (χ1n) is 15.2. The van der Waals surface area contributed by atoms with Crippen molar-refractivity contribution in [2.24, 2.45) is 0 Å². The van der Waals surface area contributed by atoms with Crippen LogP contribution in [0.5, 0.6) is 0 Å². The molecule has 0 spiro atoms. The molecule has 0 radical (unpaired) electrons. The van der Waals surface area contributed by atoms with Gasteiger partial charge in [0.1, 0.15) is 11.2 Å². The predicted molar refractivity (Wildman–Crippen MR) is 186 cm³/mol. The highest BCUT2D eigenvalue weighted by atomic mass is 16.3. The van der Waals surface area contributed by atoms with E-state index < -0.39 is 0 Å². The van der Waals surface area contributed by atoms with Crippen LogP contribution in [0, 0.1) is 0 Å². The van der Waals surface area contributed by atoms with Gasteiger partial charge in [0.2, 0.25) is 0 Å². The van der Waals surface area contributed by atoms with Crippen LogP contribution in [-0.4, -0.2) is 14.1 Å². The standard InChI is InChI=1S/C41H25N3O/c1-2-8-28(9-3-1)43-38-18-16-29(24-33(38)35-25-42-21-20-39(35)43)44-36-12-6-4-10-30(36)32-22-26(14-17-37(32)44)27-15-19-41-34(23-27)31-11-5-7-13-40(31)45-41/h1-25H. The van der Waals surface area contributed by atoms with Crippen LogP contribution < -0.4 is 0 Å². The zero-order valence-corrected chi connectivity index (χ0v) is 24.2. The van der Waals surface area contributed by atoms with E-state index in [-0.39, 0.29) is 0 Å². The Bertz CT molecular complexity index is 2760. The van der Waals surface area contributed by atoms with Crippen molar-refractivity contribution >= 4 is 65.6 Å². The Morgan fingerprint density at radius 2 is 1.02 bits per heavy atom. The zero-order chi connectivity index (χ0) is 29.5. The van der Waals surface area contributed by atoms with Gasteiger partial charge in [-0.1, -0.05) is 66.7 Å². The third-order valence-corrected chi connectivity index (χ3v) is 9.21. The lowest BCUT2D eigenvalue weighted by atomic mass is 10.0. The van der Waals surface area contributed by atoms with E-state index in [2.05, 4.69) is 142 Å². The van der Waals surface area contributed by atoms with E-state index in [0.717, 1.165) is 49.7 Å². The molecule has 4 aromatic heterocycles. The van der Waals surface area contributed by atoms with Crippen molar-refractivity contribution in [1.29, 1.82) is 0 Å². The van der Waals surface area contributed by atoms with Gasteiger partial charge in [0, 0.05) is 56.1 Å². The molecule has 0 saturated carbocycles. The van der Waals surface area contributed by atoms with Crippen LogP contribution in [0.1, 0.15) is 0 Å². The Morgan fingerprint density at radius 3 is 1.91 bits per heavy atom. The van der Waals surface area contributed by atoms with Crippen LogP contribution in [0.25, 0.3) is 88.1 Å². The molecule has 0 bridgehead atoms. The molecule has 0 atom stereocenters. The maximum atomic E-state index is 6.10. The number of para-hydroxylation sites is 3. The summed E-state index contributed by atoms with van der Waals surface area (Å²) in [6, 6.07) is 49.8. The highest BCUT2D eigenvalue weighted by Crippen LogP contribution is 2.39. The van der Waals surface area contributed by atoms with Gasteiger partial charge in [-0.25, -0.2) is 0 Å². The Labute approximate surface area is 258 Å². The second-order valence-electron chi connectivity index (χ2n) is 11.7. The average molecular weight is 576 g/mol. The highest BCUT2D eigenvalue weighted by Gasteiger charge is 2.17. The Morgan fingerprint density at radius 1 is 0.400 bits per heavy atom. The number of nitrogens with zero attached hydrogens (tertiary/aromatic N) is 3. The molecule has 4 heterocycles. The number of hydrogen-bond acceptors (Lipinski definition) is 2. The number of pyridine rings is 1. The van der Waals surface area contributed by atoms with E-state index in [9.17, 15) is 0 Å². The molecule has 10 aromatic rings. The van der Waals surface area contributed by atoms with Crippen molar-refractivity contribution in [1.82, 2.24) is 14.1 Å². The molecular formula is C41H25N3O. The second-order valence-corrected chi connectivity index (χ2v) is 11.7. The number of fused-ring (bicyclic) bond motifs is 9. The summed E-state index contributed by atoms with van der Waals surface area (Å²) in [5, 5.41) is 7.08. The van der Waals surface area contributed by atoms with Gasteiger partial charge in [-0.2, -0.15) is 0 Å². The molecule has 210 valence electrons. The first kappa shape index (κ1) is 24.3. The van der Waals surface area contributed by atoms with E-state index in [1.807, 2.05) is 24.5 Å². The third kappa shape index (κ3) is 3.51. The highest BCUT2D eigenvalue weighted by molar-refractivity contribution is 6.13. The number of aromatic nitrogens is 3. The number of rotatable bonds is 3. The van der Waals surface area contributed by atoms with Gasteiger partial charge in [0.05, 0.1) is 22.1 Å². The molecule has 0 aliphatic heterocycles. The summed E-state index contributed by atoms with van der Waals surface area (Å²) in [6.45, 7) is 0. The van der Waals surface area contributed by atoms with Crippen LogP contribution in [0.2, 0.25) is 0 Å². The summed E-state index contributed by atoms with van der Waals surface area (Å²) < 4.78 is 10.8. The maximum absolute atomic E-state index is 6.10. The molecule has 6 aromatic carbocycles. The van der Waals surface area contributed by atoms with Crippen molar-refractivity contribution < 1.29 is 4.42 Å². The van der Waals surface area contributed by atoms with Crippen molar-refractivity contribution in [3.8, 4) is 22.5 Å². The summed E-state index contributed by atoms with van der Waals surface area (Å²) in [5.74, 6) is 0. The number of furan rings is 1. The summed E-state index contributed by atoms with van der Waals surface area (Å²) in [5.41, 5.74) is 11.1. The molecule has 0 amide bonds. The van der Waals surface area contributed by atoms with Gasteiger partial charge in [0.25, 0.3) is 0 Å². The average Bonchev–Trinajstić information content (AvgIpc) is 3.75. The molecule has 10 rings (SSSR count). The largest absolute Gasteiger partial charge is 0.456 e. The smallest absolute Gasteiger partial charge is 0.135 e. The van der Waals surface area contributed by atoms with Crippen molar-refractivity contribution in [2.45, 2.75) is 0 Å². The van der Waals surface area contributed by atoms with Gasteiger partial charge in [-0.05, 0) is 83.9 Å². The van der Waals surface area contributed by atoms with Gasteiger partial charge >= 0.3 is 0 Å². The molecule has 0 aliphatic rings. The maximum Gasteiger partial charge on any atom is 0.135 e. The molecule has 4 nitrogen and oxygen atoms in total. The number of benzene rings is 6. The fraction of sp³-hybridized carbons (Fsp3) is 0. The molecule has 0 unspecified atom stereocenters. The summed E-state index contributed by atoms with van der Waals surface area (Å²) in [7, 11) is 0. The van der Waals surface area contributed by atoms with E-state index in [1.54, 1.807) is 0 Å². The van der Waals surface area contributed by atoms with E-state index >= 15 is 0 Å². The lowest BCUT2D eigenvalue weighted by molar-refractivity contribution is 0.669. The van der Waals surface area contributed by atoms with Crippen LogP contribution in [0.15, 0.2) is 156 Å². The fourth-order valence-electron chi connectivity index (χ4n) is 7.18. The minimum atomic E-state index is 0.914.